The Morgan fingerprint density at radius 1 is 1.39 bits per heavy atom. The van der Waals surface area contributed by atoms with Crippen LogP contribution < -0.4 is 16.0 Å². The van der Waals surface area contributed by atoms with Gasteiger partial charge in [-0.2, -0.15) is 0 Å². The van der Waals surface area contributed by atoms with Crippen molar-refractivity contribution in [3.8, 4) is 0 Å². The lowest BCUT2D eigenvalue weighted by Crippen LogP contribution is -2.53. The molecule has 5 N–H and O–H groups in total. The van der Waals surface area contributed by atoms with Crippen LogP contribution in [0.15, 0.2) is 36.1 Å². The van der Waals surface area contributed by atoms with E-state index in [1.54, 1.807) is 27.8 Å². The van der Waals surface area contributed by atoms with Crippen molar-refractivity contribution in [2.75, 3.05) is 25.6 Å². The molecule has 36 heavy (non-hydrogen) atoms. The fourth-order valence-corrected chi connectivity index (χ4v) is 4.12. The predicted molar refractivity (Wildman–Crippen MR) is 127 cm³/mol. The normalized spacial score (nSPS) is 22.2. The number of hydrogen-bond donors (Lipinski definition) is 4. The highest BCUT2D eigenvalue weighted by Gasteiger charge is 2.46. The number of fused-ring (bicyclic) bond motifs is 1. The Kier molecular flexibility index (Phi) is 7.57. The number of carbonyl (C=O) groups excluding carboxylic acids is 1. The first-order valence-electron chi connectivity index (χ1n) is 11.1. The Hall–Kier alpha value is -3.88. The van der Waals surface area contributed by atoms with E-state index >= 15 is 0 Å². The molecule has 1 fully saturated rings. The molecule has 0 aromatic carbocycles. The number of anilines is 1. The van der Waals surface area contributed by atoms with Crippen LogP contribution in [0.4, 0.5) is 5.82 Å². The second kappa shape index (κ2) is 10.8. The van der Waals surface area contributed by atoms with E-state index in [0.717, 1.165) is 5.56 Å². The van der Waals surface area contributed by atoms with Crippen molar-refractivity contribution in [1.82, 2.24) is 29.8 Å². The third-order valence-electron chi connectivity index (χ3n) is 5.87. The first-order valence-corrected chi connectivity index (χ1v) is 11.1. The Labute approximate surface area is 205 Å². The molecular formula is C21H27N11O4. The van der Waals surface area contributed by atoms with Crippen LogP contribution in [0.5, 0.6) is 0 Å². The highest BCUT2D eigenvalue weighted by molar-refractivity contribution is 5.83. The summed E-state index contributed by atoms with van der Waals surface area (Å²) in [6.45, 7) is -0.355. The van der Waals surface area contributed by atoms with Crippen molar-refractivity contribution >= 4 is 22.9 Å². The molecule has 0 bridgehead atoms. The van der Waals surface area contributed by atoms with Gasteiger partial charge in [0.2, 0.25) is 5.91 Å². The van der Waals surface area contributed by atoms with Gasteiger partial charge in [-0.15, -0.1) is 0 Å². The van der Waals surface area contributed by atoms with Gasteiger partial charge in [-0.1, -0.05) is 5.11 Å². The molecule has 15 heteroatoms. The van der Waals surface area contributed by atoms with Gasteiger partial charge in [-0.25, -0.2) is 15.0 Å². The molecule has 4 rings (SSSR count). The van der Waals surface area contributed by atoms with Crippen LogP contribution in [-0.4, -0.2) is 85.6 Å². The van der Waals surface area contributed by atoms with Gasteiger partial charge in [0.05, 0.1) is 31.6 Å². The molecular weight excluding hydrogens is 470 g/mol. The zero-order valence-corrected chi connectivity index (χ0v) is 19.7. The van der Waals surface area contributed by atoms with Gasteiger partial charge in [-0.05, 0) is 29.6 Å². The summed E-state index contributed by atoms with van der Waals surface area (Å²) in [5.74, 6) is 0.0716. The minimum absolute atomic E-state index is 0.0842. The average molecular weight is 498 g/mol. The number of pyridine rings is 1. The lowest BCUT2D eigenvalue weighted by atomic mass is 10.0. The molecule has 1 aliphatic heterocycles. The smallest absolute Gasteiger partial charge is 0.237 e. The molecule has 3 aromatic heterocycles. The minimum atomic E-state index is -1.22. The van der Waals surface area contributed by atoms with Gasteiger partial charge in [0, 0.05) is 30.9 Å². The Morgan fingerprint density at radius 2 is 2.19 bits per heavy atom. The first-order chi connectivity index (χ1) is 17.3. The lowest BCUT2D eigenvalue weighted by Gasteiger charge is -2.23. The molecule has 0 aliphatic carbocycles. The lowest BCUT2D eigenvalue weighted by molar-refractivity contribution is -0.124. The maximum atomic E-state index is 12.9. The molecule has 1 amide bonds. The maximum Gasteiger partial charge on any atom is 0.237 e. The summed E-state index contributed by atoms with van der Waals surface area (Å²) in [6, 6.07) is 1.54. The summed E-state index contributed by atoms with van der Waals surface area (Å²) in [5.41, 5.74) is 16.8. The molecule has 0 spiro atoms. The Morgan fingerprint density at radius 3 is 2.92 bits per heavy atom. The number of nitrogens with zero attached hydrogens (tertiary/aromatic N) is 9. The number of ether oxygens (including phenoxy) is 1. The minimum Gasteiger partial charge on any atom is -0.394 e. The van der Waals surface area contributed by atoms with Crippen LogP contribution in [0.1, 0.15) is 17.5 Å². The van der Waals surface area contributed by atoms with Gasteiger partial charge in [0.25, 0.3) is 0 Å². The van der Waals surface area contributed by atoms with Gasteiger partial charge in [0.15, 0.2) is 23.2 Å². The van der Waals surface area contributed by atoms with E-state index in [9.17, 15) is 15.0 Å². The monoisotopic (exact) mass is 497 g/mol. The van der Waals surface area contributed by atoms with Crippen LogP contribution in [-0.2, 0) is 22.5 Å². The Balaban J connectivity index is 1.48. The van der Waals surface area contributed by atoms with E-state index in [1.165, 1.54) is 12.7 Å². The summed E-state index contributed by atoms with van der Waals surface area (Å²) < 4.78 is 7.43. The molecule has 0 saturated carbocycles. The third kappa shape index (κ3) is 5.05. The number of imidazole rings is 1. The van der Waals surface area contributed by atoms with Crippen molar-refractivity contribution < 1.29 is 19.7 Å². The third-order valence-corrected chi connectivity index (χ3v) is 5.87. The largest absolute Gasteiger partial charge is 0.394 e. The number of carbonyl (C=O) groups is 1. The van der Waals surface area contributed by atoms with Crippen LogP contribution in [0.3, 0.4) is 0 Å². The fourth-order valence-electron chi connectivity index (χ4n) is 4.12. The zero-order chi connectivity index (χ0) is 25.8. The molecule has 190 valence electrons. The van der Waals surface area contributed by atoms with Crippen molar-refractivity contribution in [3.05, 3.63) is 52.7 Å². The number of azide groups is 1. The number of rotatable bonds is 9. The topological polar surface area (TPSA) is 213 Å². The highest BCUT2D eigenvalue weighted by Crippen LogP contribution is 2.32. The van der Waals surface area contributed by atoms with Gasteiger partial charge < -0.3 is 30.9 Å². The van der Waals surface area contributed by atoms with Crippen LogP contribution in [0, 0.1) is 0 Å². The summed E-state index contributed by atoms with van der Waals surface area (Å²) >= 11 is 0. The van der Waals surface area contributed by atoms with E-state index in [4.69, 9.17) is 16.0 Å². The maximum absolute atomic E-state index is 12.9. The molecule has 3 aromatic rings. The standard InChI is InChI=1S/C21H27N11O4/c1-31(2)18-16-19(26-9-25-18)32(10-27-16)21-17(34)15(14(8-33)36-21)29-20(35)13(22)6-11-3-4-24-12(5-11)7-28-30-23/h3-5,9-10,13-15,17,21,33-34H,6-8,22H2,1-2H3,(H,29,35)/t13-,14+,15?,17-,21+/m0/s1. The van der Waals surface area contributed by atoms with Crippen molar-refractivity contribution in [2.24, 2.45) is 10.8 Å². The number of aliphatic hydroxyl groups excluding tert-OH is 2. The SMILES string of the molecule is CN(C)c1ncnc2c1ncn2[C@@H]1O[C@H](CO)C(NC(=O)[C@@H](N)Cc2ccnc(CN=[N+]=[N-])c2)[C@@H]1O. The van der Waals surface area contributed by atoms with E-state index < -0.39 is 43.0 Å². The molecule has 0 radical (unpaired) electrons. The highest BCUT2D eigenvalue weighted by atomic mass is 16.5. The number of amides is 1. The summed E-state index contributed by atoms with van der Waals surface area (Å²) in [7, 11) is 3.65. The molecule has 1 aliphatic rings. The second-order valence-corrected chi connectivity index (χ2v) is 8.54. The van der Waals surface area contributed by atoms with Crippen molar-refractivity contribution in [1.29, 1.82) is 0 Å². The van der Waals surface area contributed by atoms with Crippen LogP contribution in [0.2, 0.25) is 0 Å². The second-order valence-electron chi connectivity index (χ2n) is 8.54. The summed E-state index contributed by atoms with van der Waals surface area (Å²) in [6.07, 6.45) is 1.53. The molecule has 15 nitrogen and oxygen atoms in total. The van der Waals surface area contributed by atoms with Crippen LogP contribution >= 0.6 is 0 Å². The number of aromatic nitrogens is 5. The Bertz CT molecular complexity index is 1280. The molecule has 4 heterocycles. The van der Waals surface area contributed by atoms with Crippen molar-refractivity contribution in [2.45, 2.75) is 43.5 Å². The van der Waals surface area contributed by atoms with E-state index in [1.807, 2.05) is 14.1 Å². The van der Waals surface area contributed by atoms with E-state index in [0.29, 0.717) is 22.7 Å². The van der Waals surface area contributed by atoms with Gasteiger partial charge in [0.1, 0.15) is 18.5 Å². The number of aliphatic hydroxyl groups is 2. The summed E-state index contributed by atoms with van der Waals surface area (Å²) in [4.78, 5) is 34.3. The zero-order valence-electron chi connectivity index (χ0n) is 19.7. The molecule has 5 atom stereocenters. The van der Waals surface area contributed by atoms with Crippen LogP contribution in [0.25, 0.3) is 21.6 Å². The van der Waals surface area contributed by atoms with Crippen molar-refractivity contribution in [3.63, 3.8) is 0 Å². The van der Waals surface area contributed by atoms with Gasteiger partial charge >= 0.3 is 0 Å². The summed E-state index contributed by atoms with van der Waals surface area (Å²) in [5, 5.41) is 27.1. The molecule has 1 unspecified atom stereocenters. The predicted octanol–water partition coefficient (Wildman–Crippen LogP) is -0.597. The van der Waals surface area contributed by atoms with E-state index in [2.05, 4.69) is 35.3 Å². The number of nitrogens with one attached hydrogen (secondary N) is 1. The number of hydrogen-bond acceptors (Lipinski definition) is 11. The molecule has 1 saturated heterocycles. The number of nitrogens with two attached hydrogens (primary N) is 1. The average Bonchev–Trinajstić information content (AvgIpc) is 3.43. The fraction of sp³-hybridized carbons (Fsp3) is 0.476. The van der Waals surface area contributed by atoms with E-state index in [-0.39, 0.29) is 13.0 Å². The first kappa shape index (κ1) is 25.2. The van der Waals surface area contributed by atoms with Gasteiger partial charge in [-0.3, -0.25) is 14.3 Å². The quantitative estimate of drug-likeness (QED) is 0.167.